The van der Waals surface area contributed by atoms with Gasteiger partial charge in [-0.2, -0.15) is 0 Å². The van der Waals surface area contributed by atoms with Crippen LogP contribution in [0.15, 0.2) is 36.5 Å². The molecular weight excluding hydrogens is 254 g/mol. The Labute approximate surface area is 117 Å². The van der Waals surface area contributed by atoms with E-state index < -0.39 is 0 Å². The highest BCUT2D eigenvalue weighted by atomic mass is 16.5. The van der Waals surface area contributed by atoms with Crippen molar-refractivity contribution in [1.82, 2.24) is 4.98 Å². The van der Waals surface area contributed by atoms with Crippen molar-refractivity contribution in [1.29, 1.82) is 0 Å². The van der Waals surface area contributed by atoms with Crippen molar-refractivity contribution in [2.75, 3.05) is 4.90 Å². The predicted molar refractivity (Wildman–Crippen MR) is 77.9 cm³/mol. The Morgan fingerprint density at radius 2 is 2.00 bits per heavy atom. The van der Waals surface area contributed by atoms with E-state index in [-0.39, 0.29) is 5.91 Å². The maximum Gasteiger partial charge on any atom is 0.229 e. The monoisotopic (exact) mass is 271 g/mol. The van der Waals surface area contributed by atoms with Crippen LogP contribution in [0.3, 0.4) is 0 Å². The van der Waals surface area contributed by atoms with E-state index in [0.717, 1.165) is 22.3 Å². The number of nitrogens with two attached hydrogens (primary N) is 1. The lowest BCUT2D eigenvalue weighted by Crippen LogP contribution is -2.70. The van der Waals surface area contributed by atoms with Crippen molar-refractivity contribution < 1.29 is 10.3 Å². The maximum atomic E-state index is 12.0. The number of pyridine rings is 1. The SMILES string of the molecule is CC(=O)N(c1cc([NH2+][O-])ccn1)c1ccc(C)cc1C. The number of carbonyl (C=O) groups is 1. The van der Waals surface area contributed by atoms with Gasteiger partial charge in [0.15, 0.2) is 0 Å². The molecule has 0 aliphatic rings. The summed E-state index contributed by atoms with van der Waals surface area (Å²) in [5.74, 6) is 0.307. The Morgan fingerprint density at radius 3 is 2.60 bits per heavy atom. The molecule has 1 heterocycles. The average molecular weight is 271 g/mol. The normalized spacial score (nSPS) is 10.4. The molecule has 5 heteroatoms. The summed E-state index contributed by atoms with van der Waals surface area (Å²) in [5, 5.41) is 10.9. The molecule has 104 valence electrons. The van der Waals surface area contributed by atoms with Crippen LogP contribution < -0.4 is 10.4 Å². The van der Waals surface area contributed by atoms with Crippen molar-refractivity contribution in [3.05, 3.63) is 52.9 Å². The zero-order chi connectivity index (χ0) is 14.7. The molecule has 0 saturated carbocycles. The quantitative estimate of drug-likeness (QED) is 0.868. The van der Waals surface area contributed by atoms with Crippen LogP contribution in [0.1, 0.15) is 18.1 Å². The van der Waals surface area contributed by atoms with Crippen molar-refractivity contribution in [3.63, 3.8) is 0 Å². The molecule has 5 nitrogen and oxygen atoms in total. The predicted octanol–water partition coefficient (Wildman–Crippen LogP) is 2.08. The number of benzene rings is 1. The van der Waals surface area contributed by atoms with Gasteiger partial charge in [0, 0.05) is 25.3 Å². The van der Waals surface area contributed by atoms with Crippen LogP contribution in [0.25, 0.3) is 0 Å². The minimum Gasteiger partial charge on any atom is -0.630 e. The summed E-state index contributed by atoms with van der Waals surface area (Å²) < 4.78 is 0. The minimum atomic E-state index is -0.146. The van der Waals surface area contributed by atoms with E-state index in [1.54, 1.807) is 12.1 Å². The van der Waals surface area contributed by atoms with Crippen molar-refractivity contribution in [2.24, 2.45) is 0 Å². The third-order valence-electron chi connectivity index (χ3n) is 3.04. The molecule has 0 spiro atoms. The smallest absolute Gasteiger partial charge is 0.229 e. The number of nitrogens with zero attached hydrogens (tertiary/aromatic N) is 2. The summed E-state index contributed by atoms with van der Waals surface area (Å²) in [4.78, 5) is 17.7. The van der Waals surface area contributed by atoms with E-state index in [4.69, 9.17) is 0 Å². The van der Waals surface area contributed by atoms with E-state index >= 15 is 0 Å². The Morgan fingerprint density at radius 1 is 1.25 bits per heavy atom. The molecule has 2 rings (SSSR count). The lowest BCUT2D eigenvalue weighted by atomic mass is 10.1. The Hall–Kier alpha value is -2.24. The van der Waals surface area contributed by atoms with E-state index in [9.17, 15) is 10.0 Å². The van der Waals surface area contributed by atoms with Crippen molar-refractivity contribution >= 4 is 23.1 Å². The summed E-state index contributed by atoms with van der Waals surface area (Å²) in [6.45, 7) is 5.43. The fourth-order valence-corrected chi connectivity index (χ4v) is 2.14. The van der Waals surface area contributed by atoms with Crippen LogP contribution in [0, 0.1) is 19.1 Å². The Balaban J connectivity index is 2.53. The molecule has 0 aliphatic carbocycles. The Kier molecular flexibility index (Phi) is 4.12. The third kappa shape index (κ3) is 2.84. The lowest BCUT2D eigenvalue weighted by molar-refractivity contribution is -0.497. The topological polar surface area (TPSA) is 72.9 Å². The summed E-state index contributed by atoms with van der Waals surface area (Å²) in [5.41, 5.74) is 4.12. The lowest BCUT2D eigenvalue weighted by Gasteiger charge is -2.22. The van der Waals surface area contributed by atoms with Crippen LogP contribution in [0.2, 0.25) is 0 Å². The molecule has 0 atom stereocenters. The van der Waals surface area contributed by atoms with Crippen LogP contribution in [0.5, 0.6) is 0 Å². The molecule has 0 aliphatic heterocycles. The molecule has 0 radical (unpaired) electrons. The summed E-state index contributed by atoms with van der Waals surface area (Å²) in [7, 11) is 0. The summed E-state index contributed by atoms with van der Waals surface area (Å²) in [6.07, 6.45) is 1.53. The zero-order valence-corrected chi connectivity index (χ0v) is 11.8. The second kappa shape index (κ2) is 5.81. The molecule has 2 aromatic rings. The number of carbonyl (C=O) groups excluding carboxylic acids is 1. The van der Waals surface area contributed by atoms with E-state index in [0.29, 0.717) is 11.5 Å². The highest BCUT2D eigenvalue weighted by Crippen LogP contribution is 2.28. The number of quaternary nitrogens is 1. The van der Waals surface area contributed by atoms with Gasteiger partial charge in [-0.05, 0) is 25.5 Å². The number of anilines is 2. The van der Waals surface area contributed by atoms with Crippen molar-refractivity contribution in [3.8, 4) is 0 Å². The number of aromatic nitrogens is 1. The molecule has 0 bridgehead atoms. The van der Waals surface area contributed by atoms with E-state index in [1.165, 1.54) is 18.0 Å². The highest BCUT2D eigenvalue weighted by Gasteiger charge is 2.18. The zero-order valence-electron chi connectivity index (χ0n) is 11.8. The molecule has 2 N–H and O–H groups in total. The molecule has 0 saturated heterocycles. The number of aryl methyl sites for hydroxylation is 2. The molecule has 20 heavy (non-hydrogen) atoms. The molecule has 1 aromatic carbocycles. The second-order valence-corrected chi connectivity index (χ2v) is 4.71. The molecular formula is C15H17N3O2. The van der Waals surface area contributed by atoms with E-state index in [1.807, 2.05) is 32.0 Å². The first-order valence-electron chi connectivity index (χ1n) is 6.32. The Bertz CT molecular complexity index is 641. The largest absolute Gasteiger partial charge is 0.630 e. The van der Waals surface area contributed by atoms with Gasteiger partial charge in [-0.25, -0.2) is 4.98 Å². The van der Waals surface area contributed by atoms with Crippen LogP contribution in [-0.4, -0.2) is 10.9 Å². The third-order valence-corrected chi connectivity index (χ3v) is 3.04. The summed E-state index contributed by atoms with van der Waals surface area (Å²) in [6, 6.07) is 9.06. The minimum absolute atomic E-state index is 0.146. The number of hydrogen-bond donors (Lipinski definition) is 1. The van der Waals surface area contributed by atoms with Gasteiger partial charge in [0.25, 0.3) is 0 Å². The van der Waals surface area contributed by atoms with Gasteiger partial charge in [-0.15, -0.1) is 0 Å². The molecule has 0 unspecified atom stereocenters. The van der Waals surface area contributed by atoms with Gasteiger partial charge in [-0.3, -0.25) is 9.69 Å². The molecule has 1 aromatic heterocycles. The fourth-order valence-electron chi connectivity index (χ4n) is 2.14. The van der Waals surface area contributed by atoms with Gasteiger partial charge < -0.3 is 10.7 Å². The maximum absolute atomic E-state index is 12.0. The highest BCUT2D eigenvalue weighted by molar-refractivity contribution is 5.99. The average Bonchev–Trinajstić information content (AvgIpc) is 2.41. The van der Waals surface area contributed by atoms with Gasteiger partial charge in [0.2, 0.25) is 5.91 Å². The second-order valence-electron chi connectivity index (χ2n) is 4.71. The van der Waals surface area contributed by atoms with Crippen molar-refractivity contribution in [2.45, 2.75) is 20.8 Å². The van der Waals surface area contributed by atoms with Gasteiger partial charge in [-0.1, -0.05) is 17.7 Å². The fraction of sp³-hybridized carbons (Fsp3) is 0.200. The first kappa shape index (κ1) is 14.2. The van der Waals surface area contributed by atoms with E-state index in [2.05, 4.69) is 4.98 Å². The number of amides is 1. The number of rotatable bonds is 3. The summed E-state index contributed by atoms with van der Waals surface area (Å²) >= 11 is 0. The number of hydrogen-bond acceptors (Lipinski definition) is 3. The first-order chi connectivity index (χ1) is 9.52. The van der Waals surface area contributed by atoms with Crippen LogP contribution >= 0.6 is 0 Å². The molecule has 1 amide bonds. The van der Waals surface area contributed by atoms with Gasteiger partial charge in [0.05, 0.1) is 5.69 Å². The van der Waals surface area contributed by atoms with Gasteiger partial charge >= 0.3 is 0 Å². The van der Waals surface area contributed by atoms with Crippen LogP contribution in [-0.2, 0) is 4.79 Å². The standard InChI is InChI=1S/C15H17N3O2/c1-10-4-5-14(11(2)8-10)18(12(3)19)15-9-13(17-20)6-7-16-15/h4-9H,17H2,1-3H3. The van der Waals surface area contributed by atoms with Gasteiger partial charge in [0.1, 0.15) is 11.5 Å². The first-order valence-corrected chi connectivity index (χ1v) is 6.32. The molecule has 0 fully saturated rings. The van der Waals surface area contributed by atoms with Crippen LogP contribution in [0.4, 0.5) is 17.2 Å².